The van der Waals surface area contributed by atoms with Crippen LogP contribution in [-0.4, -0.2) is 16.0 Å². The Morgan fingerprint density at radius 1 is 1.24 bits per heavy atom. The normalized spacial score (nSPS) is 23.1. The minimum atomic E-state index is 0.633. The SMILES string of the molecule is CCCC1CCCC(Nc2ccc3nc(C)[nH]c3c2)CC1. The first-order chi connectivity index (χ1) is 10.2. The van der Waals surface area contributed by atoms with Crippen molar-refractivity contribution in [1.29, 1.82) is 0 Å². The van der Waals surface area contributed by atoms with Crippen LogP contribution in [0.5, 0.6) is 0 Å². The van der Waals surface area contributed by atoms with Crippen LogP contribution in [-0.2, 0) is 0 Å². The molecule has 1 aliphatic rings. The van der Waals surface area contributed by atoms with Crippen LogP contribution in [0.2, 0.25) is 0 Å². The first kappa shape index (κ1) is 14.4. The third-order valence-corrected chi connectivity index (χ3v) is 4.76. The fourth-order valence-corrected chi connectivity index (χ4v) is 3.68. The zero-order valence-corrected chi connectivity index (χ0v) is 13.3. The van der Waals surface area contributed by atoms with Gasteiger partial charge in [0.2, 0.25) is 0 Å². The van der Waals surface area contributed by atoms with Crippen LogP contribution >= 0.6 is 0 Å². The van der Waals surface area contributed by atoms with E-state index in [2.05, 4.69) is 40.4 Å². The largest absolute Gasteiger partial charge is 0.382 e. The van der Waals surface area contributed by atoms with Crippen molar-refractivity contribution in [2.75, 3.05) is 5.32 Å². The molecule has 0 bridgehead atoms. The van der Waals surface area contributed by atoms with E-state index in [0.29, 0.717) is 6.04 Å². The second kappa shape index (κ2) is 6.50. The summed E-state index contributed by atoms with van der Waals surface area (Å²) in [5.41, 5.74) is 3.42. The Balaban J connectivity index is 1.64. The first-order valence-corrected chi connectivity index (χ1v) is 8.47. The summed E-state index contributed by atoms with van der Waals surface area (Å²) < 4.78 is 0. The van der Waals surface area contributed by atoms with Crippen molar-refractivity contribution in [3.05, 3.63) is 24.0 Å². The third kappa shape index (κ3) is 3.58. The summed E-state index contributed by atoms with van der Waals surface area (Å²) in [6, 6.07) is 7.10. The number of hydrogen-bond acceptors (Lipinski definition) is 2. The molecule has 21 heavy (non-hydrogen) atoms. The first-order valence-electron chi connectivity index (χ1n) is 8.47. The van der Waals surface area contributed by atoms with Crippen molar-refractivity contribution < 1.29 is 0 Å². The molecule has 0 spiro atoms. The van der Waals surface area contributed by atoms with Crippen molar-refractivity contribution in [1.82, 2.24) is 9.97 Å². The fraction of sp³-hybridized carbons (Fsp3) is 0.611. The van der Waals surface area contributed by atoms with Gasteiger partial charge in [0, 0.05) is 11.7 Å². The van der Waals surface area contributed by atoms with Gasteiger partial charge >= 0.3 is 0 Å². The lowest BCUT2D eigenvalue weighted by molar-refractivity contribution is 0.422. The van der Waals surface area contributed by atoms with Crippen molar-refractivity contribution in [3.8, 4) is 0 Å². The average molecular weight is 285 g/mol. The molecule has 1 fully saturated rings. The second-order valence-electron chi connectivity index (χ2n) is 6.56. The minimum Gasteiger partial charge on any atom is -0.382 e. The smallest absolute Gasteiger partial charge is 0.104 e. The number of nitrogens with one attached hydrogen (secondary N) is 2. The minimum absolute atomic E-state index is 0.633. The molecule has 3 rings (SSSR count). The van der Waals surface area contributed by atoms with Gasteiger partial charge in [0.05, 0.1) is 11.0 Å². The van der Waals surface area contributed by atoms with Gasteiger partial charge in [-0.1, -0.05) is 32.6 Å². The Morgan fingerprint density at radius 2 is 2.14 bits per heavy atom. The van der Waals surface area contributed by atoms with Crippen molar-refractivity contribution >= 4 is 16.7 Å². The molecule has 2 unspecified atom stereocenters. The maximum Gasteiger partial charge on any atom is 0.104 e. The molecule has 1 aliphatic carbocycles. The highest BCUT2D eigenvalue weighted by molar-refractivity contribution is 5.79. The Bertz CT molecular complexity index is 587. The highest BCUT2D eigenvalue weighted by Crippen LogP contribution is 2.28. The van der Waals surface area contributed by atoms with Gasteiger partial charge in [-0.3, -0.25) is 0 Å². The van der Waals surface area contributed by atoms with E-state index in [1.165, 1.54) is 50.6 Å². The lowest BCUT2D eigenvalue weighted by atomic mass is 9.95. The van der Waals surface area contributed by atoms with Crippen LogP contribution in [0.1, 0.15) is 57.7 Å². The van der Waals surface area contributed by atoms with E-state index in [1.54, 1.807) is 0 Å². The lowest BCUT2D eigenvalue weighted by Gasteiger charge is -2.18. The van der Waals surface area contributed by atoms with Crippen LogP contribution < -0.4 is 5.32 Å². The van der Waals surface area contributed by atoms with E-state index in [-0.39, 0.29) is 0 Å². The predicted molar refractivity (Wildman–Crippen MR) is 89.7 cm³/mol. The summed E-state index contributed by atoms with van der Waals surface area (Å²) in [4.78, 5) is 7.78. The summed E-state index contributed by atoms with van der Waals surface area (Å²) in [5, 5.41) is 3.74. The van der Waals surface area contributed by atoms with Crippen LogP contribution in [0, 0.1) is 12.8 Å². The molecule has 0 radical (unpaired) electrons. The van der Waals surface area contributed by atoms with Crippen LogP contribution in [0.15, 0.2) is 18.2 Å². The van der Waals surface area contributed by atoms with Gasteiger partial charge < -0.3 is 10.3 Å². The van der Waals surface area contributed by atoms with Gasteiger partial charge in [-0.2, -0.15) is 0 Å². The number of aryl methyl sites for hydroxylation is 1. The van der Waals surface area contributed by atoms with Crippen molar-refractivity contribution in [3.63, 3.8) is 0 Å². The standard InChI is InChI=1S/C18H27N3/c1-3-5-14-6-4-7-15(9-8-14)21-16-10-11-17-18(12-16)20-13(2)19-17/h10-12,14-15,21H,3-9H2,1-2H3,(H,19,20). The van der Waals surface area contributed by atoms with E-state index >= 15 is 0 Å². The Hall–Kier alpha value is -1.51. The molecule has 3 nitrogen and oxygen atoms in total. The summed E-state index contributed by atoms with van der Waals surface area (Å²) >= 11 is 0. The van der Waals surface area contributed by atoms with Gasteiger partial charge in [-0.25, -0.2) is 4.98 Å². The average Bonchev–Trinajstić information content (AvgIpc) is 2.69. The van der Waals surface area contributed by atoms with E-state index in [1.807, 2.05) is 6.92 Å². The van der Waals surface area contributed by atoms with Gasteiger partial charge in [-0.05, 0) is 50.3 Å². The maximum atomic E-state index is 4.46. The fourth-order valence-electron chi connectivity index (χ4n) is 3.68. The van der Waals surface area contributed by atoms with Crippen LogP contribution in [0.3, 0.4) is 0 Å². The topological polar surface area (TPSA) is 40.7 Å². The number of imidazole rings is 1. The number of aromatic amines is 1. The van der Waals surface area contributed by atoms with E-state index < -0.39 is 0 Å². The molecule has 1 aromatic heterocycles. The van der Waals surface area contributed by atoms with E-state index in [0.717, 1.165) is 22.8 Å². The van der Waals surface area contributed by atoms with E-state index in [9.17, 15) is 0 Å². The highest BCUT2D eigenvalue weighted by Gasteiger charge is 2.18. The monoisotopic (exact) mass is 285 g/mol. The molecular formula is C18H27N3. The van der Waals surface area contributed by atoms with Crippen molar-refractivity contribution in [2.24, 2.45) is 5.92 Å². The number of aromatic nitrogens is 2. The second-order valence-corrected chi connectivity index (χ2v) is 6.56. The van der Waals surface area contributed by atoms with Gasteiger partial charge in [0.1, 0.15) is 5.82 Å². The third-order valence-electron chi connectivity index (χ3n) is 4.76. The number of fused-ring (bicyclic) bond motifs is 1. The van der Waals surface area contributed by atoms with Crippen molar-refractivity contribution in [2.45, 2.75) is 64.8 Å². The highest BCUT2D eigenvalue weighted by atomic mass is 14.9. The Kier molecular flexibility index (Phi) is 4.47. The number of rotatable bonds is 4. The zero-order valence-electron chi connectivity index (χ0n) is 13.3. The Morgan fingerprint density at radius 3 is 3.00 bits per heavy atom. The van der Waals surface area contributed by atoms with Crippen LogP contribution in [0.25, 0.3) is 11.0 Å². The molecule has 1 heterocycles. The van der Waals surface area contributed by atoms with Gasteiger partial charge in [-0.15, -0.1) is 0 Å². The van der Waals surface area contributed by atoms with Crippen LogP contribution in [0.4, 0.5) is 5.69 Å². The number of benzene rings is 1. The van der Waals surface area contributed by atoms with Gasteiger partial charge in [0.15, 0.2) is 0 Å². The number of anilines is 1. The van der Waals surface area contributed by atoms with Gasteiger partial charge in [0.25, 0.3) is 0 Å². The molecule has 2 aromatic rings. The molecule has 3 heteroatoms. The molecule has 1 saturated carbocycles. The predicted octanol–water partition coefficient (Wildman–Crippen LogP) is 5.03. The summed E-state index contributed by atoms with van der Waals surface area (Å²) in [5.74, 6) is 1.94. The zero-order chi connectivity index (χ0) is 14.7. The molecule has 0 amide bonds. The lowest BCUT2D eigenvalue weighted by Crippen LogP contribution is -2.18. The molecular weight excluding hydrogens is 258 g/mol. The molecule has 0 aliphatic heterocycles. The molecule has 0 saturated heterocycles. The van der Waals surface area contributed by atoms with E-state index in [4.69, 9.17) is 0 Å². The molecule has 2 N–H and O–H groups in total. The molecule has 114 valence electrons. The number of hydrogen-bond donors (Lipinski definition) is 2. The summed E-state index contributed by atoms with van der Waals surface area (Å²) in [6.45, 7) is 4.31. The quantitative estimate of drug-likeness (QED) is 0.773. The maximum absolute atomic E-state index is 4.46. The summed E-state index contributed by atoms with van der Waals surface area (Å²) in [7, 11) is 0. The number of nitrogens with zero attached hydrogens (tertiary/aromatic N) is 1. The number of H-pyrrole nitrogens is 1. The summed E-state index contributed by atoms with van der Waals surface area (Å²) in [6.07, 6.45) is 9.53. The molecule has 1 aromatic carbocycles. The Labute approximate surface area is 127 Å². The molecule has 2 atom stereocenters.